The van der Waals surface area contributed by atoms with Crippen LogP contribution in [0.1, 0.15) is 12.5 Å². The molecule has 0 saturated heterocycles. The number of fused-ring (bicyclic) bond motifs is 1. The van der Waals surface area contributed by atoms with Crippen LogP contribution < -0.4 is 5.32 Å². The zero-order valence-electron chi connectivity index (χ0n) is 12.1. The molecule has 7 heteroatoms. The van der Waals surface area contributed by atoms with Crippen LogP contribution in [0, 0.1) is 0 Å². The molecule has 0 spiro atoms. The number of alkyl halides is 3. The van der Waals surface area contributed by atoms with Gasteiger partial charge in [-0.05, 0) is 24.3 Å². The second kappa shape index (κ2) is 5.42. The van der Waals surface area contributed by atoms with E-state index in [1.54, 1.807) is 24.3 Å². The number of carbonyl (C=O) groups is 1. The predicted octanol–water partition coefficient (Wildman–Crippen LogP) is 3.98. The number of halogens is 3. The first-order valence-corrected chi connectivity index (χ1v) is 6.77. The number of nitrogens with one attached hydrogen (secondary N) is 1. The monoisotopic (exact) mass is 319 g/mol. The Morgan fingerprint density at radius 1 is 1.17 bits per heavy atom. The van der Waals surface area contributed by atoms with E-state index >= 15 is 0 Å². The van der Waals surface area contributed by atoms with Crippen LogP contribution in [0.2, 0.25) is 0 Å². The summed E-state index contributed by atoms with van der Waals surface area (Å²) in [6.07, 6.45) is -1.87. The number of anilines is 1. The van der Waals surface area contributed by atoms with Gasteiger partial charge in [0.05, 0.1) is 11.3 Å². The van der Waals surface area contributed by atoms with Crippen LogP contribution in [0.5, 0.6) is 0 Å². The number of hydrogen-bond acceptors (Lipinski definition) is 2. The number of pyridine rings is 1. The van der Waals surface area contributed by atoms with Crippen LogP contribution in [0.4, 0.5) is 18.9 Å². The van der Waals surface area contributed by atoms with Crippen LogP contribution in [0.3, 0.4) is 0 Å². The largest absolute Gasteiger partial charge is 0.417 e. The van der Waals surface area contributed by atoms with Gasteiger partial charge in [-0.15, -0.1) is 0 Å². The van der Waals surface area contributed by atoms with Crippen molar-refractivity contribution in [2.45, 2.75) is 13.1 Å². The maximum absolute atomic E-state index is 12.7. The number of benzene rings is 1. The first-order valence-electron chi connectivity index (χ1n) is 6.77. The molecule has 3 rings (SSSR count). The number of hydrogen-bond donors (Lipinski definition) is 1. The smallest absolute Gasteiger partial charge is 0.326 e. The van der Waals surface area contributed by atoms with Crippen LogP contribution in [0.25, 0.3) is 16.9 Å². The second-order valence-corrected chi connectivity index (χ2v) is 5.07. The van der Waals surface area contributed by atoms with Crippen molar-refractivity contribution in [1.82, 2.24) is 9.38 Å². The van der Waals surface area contributed by atoms with Crippen molar-refractivity contribution in [3.05, 3.63) is 54.4 Å². The van der Waals surface area contributed by atoms with Gasteiger partial charge >= 0.3 is 6.18 Å². The number of nitrogens with zero attached hydrogens (tertiary/aromatic N) is 2. The summed E-state index contributed by atoms with van der Waals surface area (Å²) < 4.78 is 39.6. The number of rotatable bonds is 2. The number of aromatic nitrogens is 2. The predicted molar refractivity (Wildman–Crippen MR) is 79.9 cm³/mol. The van der Waals surface area contributed by atoms with Crippen molar-refractivity contribution in [2.75, 3.05) is 5.32 Å². The fraction of sp³-hybridized carbons (Fsp3) is 0.125. The molecule has 2 heterocycles. The lowest BCUT2D eigenvalue weighted by Gasteiger charge is -2.05. The molecule has 0 radical (unpaired) electrons. The van der Waals surface area contributed by atoms with E-state index in [1.165, 1.54) is 23.6 Å². The molecule has 0 unspecified atom stereocenters. The molecule has 0 atom stereocenters. The lowest BCUT2D eigenvalue weighted by atomic mass is 10.1. The molecule has 1 N–H and O–H groups in total. The number of amides is 1. The average molecular weight is 319 g/mol. The van der Waals surface area contributed by atoms with Crippen LogP contribution >= 0.6 is 0 Å². The van der Waals surface area contributed by atoms with Crippen molar-refractivity contribution in [1.29, 1.82) is 0 Å². The van der Waals surface area contributed by atoms with E-state index in [1.807, 2.05) is 0 Å². The molecule has 0 fully saturated rings. The fourth-order valence-corrected chi connectivity index (χ4v) is 2.26. The maximum atomic E-state index is 12.7. The minimum absolute atomic E-state index is 0.202. The SMILES string of the molecule is CC(=O)Nc1cccc(-c2cn3cc(C(F)(F)F)ccc3n2)c1. The van der Waals surface area contributed by atoms with Crippen LogP contribution in [0.15, 0.2) is 48.8 Å². The molecule has 0 bridgehead atoms. The third kappa shape index (κ3) is 3.18. The Balaban J connectivity index is 2.02. The van der Waals surface area contributed by atoms with Crippen LogP contribution in [-0.4, -0.2) is 15.3 Å². The van der Waals surface area contributed by atoms with Gasteiger partial charge in [0.2, 0.25) is 5.91 Å². The van der Waals surface area contributed by atoms with E-state index < -0.39 is 11.7 Å². The maximum Gasteiger partial charge on any atom is 0.417 e. The average Bonchev–Trinajstić information content (AvgIpc) is 2.89. The van der Waals surface area contributed by atoms with E-state index in [0.29, 0.717) is 22.6 Å². The molecule has 23 heavy (non-hydrogen) atoms. The van der Waals surface area contributed by atoms with Crippen molar-refractivity contribution in [2.24, 2.45) is 0 Å². The zero-order chi connectivity index (χ0) is 16.6. The van der Waals surface area contributed by atoms with E-state index in [-0.39, 0.29) is 5.91 Å². The summed E-state index contributed by atoms with van der Waals surface area (Å²) in [6.45, 7) is 1.40. The van der Waals surface area contributed by atoms with Gasteiger partial charge in [-0.2, -0.15) is 13.2 Å². The van der Waals surface area contributed by atoms with Gasteiger partial charge in [0.25, 0.3) is 0 Å². The van der Waals surface area contributed by atoms with Gasteiger partial charge in [-0.25, -0.2) is 4.98 Å². The van der Waals surface area contributed by atoms with Gasteiger partial charge in [0.1, 0.15) is 5.65 Å². The highest BCUT2D eigenvalue weighted by atomic mass is 19.4. The minimum atomic E-state index is -4.40. The molecular formula is C16H12F3N3O. The van der Waals surface area contributed by atoms with Gasteiger partial charge in [-0.3, -0.25) is 4.79 Å². The Morgan fingerprint density at radius 3 is 2.65 bits per heavy atom. The second-order valence-electron chi connectivity index (χ2n) is 5.07. The first kappa shape index (κ1) is 15.1. The molecule has 0 saturated carbocycles. The van der Waals surface area contributed by atoms with E-state index in [9.17, 15) is 18.0 Å². The lowest BCUT2D eigenvalue weighted by Crippen LogP contribution is -2.05. The Labute approximate surface area is 129 Å². The molecule has 118 valence electrons. The topological polar surface area (TPSA) is 46.4 Å². The Kier molecular flexibility index (Phi) is 3.55. The number of carbonyl (C=O) groups excluding carboxylic acids is 1. The Hall–Kier alpha value is -2.83. The summed E-state index contributed by atoms with van der Waals surface area (Å²) in [4.78, 5) is 15.4. The molecular weight excluding hydrogens is 307 g/mol. The summed E-state index contributed by atoms with van der Waals surface area (Å²) in [5.74, 6) is -0.202. The molecule has 0 aliphatic heterocycles. The normalized spacial score (nSPS) is 11.7. The lowest BCUT2D eigenvalue weighted by molar-refractivity contribution is -0.137. The number of imidazole rings is 1. The molecule has 1 aromatic carbocycles. The molecule has 3 aromatic rings. The molecule has 2 aromatic heterocycles. The van der Waals surface area contributed by atoms with Gasteiger partial charge in [-0.1, -0.05) is 12.1 Å². The van der Waals surface area contributed by atoms with Crippen molar-refractivity contribution in [3.63, 3.8) is 0 Å². The van der Waals surface area contributed by atoms with Gasteiger partial charge in [0.15, 0.2) is 0 Å². The third-order valence-corrected chi connectivity index (χ3v) is 3.26. The van der Waals surface area contributed by atoms with Crippen molar-refractivity contribution in [3.8, 4) is 11.3 Å². The molecule has 0 aliphatic carbocycles. The summed E-state index contributed by atoms with van der Waals surface area (Å²) in [5, 5.41) is 2.66. The third-order valence-electron chi connectivity index (χ3n) is 3.26. The van der Waals surface area contributed by atoms with E-state index in [0.717, 1.165) is 12.3 Å². The first-order chi connectivity index (χ1) is 10.8. The summed E-state index contributed by atoms with van der Waals surface area (Å²) >= 11 is 0. The fourth-order valence-electron chi connectivity index (χ4n) is 2.26. The molecule has 4 nitrogen and oxygen atoms in total. The highest BCUT2D eigenvalue weighted by Gasteiger charge is 2.30. The highest BCUT2D eigenvalue weighted by molar-refractivity contribution is 5.89. The van der Waals surface area contributed by atoms with Crippen molar-refractivity contribution >= 4 is 17.2 Å². The van der Waals surface area contributed by atoms with Gasteiger partial charge < -0.3 is 9.72 Å². The minimum Gasteiger partial charge on any atom is -0.326 e. The van der Waals surface area contributed by atoms with Gasteiger partial charge in [0, 0.05) is 30.6 Å². The molecule has 0 aliphatic rings. The summed E-state index contributed by atoms with van der Waals surface area (Å²) in [5.41, 5.74) is 1.51. The quantitative estimate of drug-likeness (QED) is 0.776. The summed E-state index contributed by atoms with van der Waals surface area (Å²) in [6, 6.07) is 9.28. The Morgan fingerprint density at radius 2 is 1.96 bits per heavy atom. The molecule has 1 amide bonds. The van der Waals surface area contributed by atoms with E-state index in [4.69, 9.17) is 0 Å². The van der Waals surface area contributed by atoms with Crippen molar-refractivity contribution < 1.29 is 18.0 Å². The van der Waals surface area contributed by atoms with Crippen LogP contribution in [-0.2, 0) is 11.0 Å². The summed E-state index contributed by atoms with van der Waals surface area (Å²) in [7, 11) is 0. The standard InChI is InChI=1S/C16H12F3N3O/c1-10(23)20-13-4-2-3-11(7-13)14-9-22-8-12(16(17,18)19)5-6-15(22)21-14/h2-9H,1H3,(H,20,23). The highest BCUT2D eigenvalue weighted by Crippen LogP contribution is 2.30. The Bertz CT molecular complexity index is 884. The van der Waals surface area contributed by atoms with E-state index in [2.05, 4.69) is 10.3 Å². The zero-order valence-corrected chi connectivity index (χ0v) is 12.1.